The summed E-state index contributed by atoms with van der Waals surface area (Å²) in [7, 11) is -2.05. The van der Waals surface area contributed by atoms with Gasteiger partial charge in [0.15, 0.2) is 0 Å². The second-order valence-electron chi connectivity index (χ2n) is 4.57. The second kappa shape index (κ2) is 7.41. The summed E-state index contributed by atoms with van der Waals surface area (Å²) in [6.07, 6.45) is 4.51. The van der Waals surface area contributed by atoms with Crippen LogP contribution in [0.15, 0.2) is 17.2 Å². The molecule has 0 spiro atoms. The Morgan fingerprint density at radius 3 is 2.55 bits per heavy atom. The maximum atomic E-state index is 12.0. The normalized spacial score (nSPS) is 11.7. The average molecular weight is 303 g/mol. The molecule has 0 fully saturated rings. The predicted octanol–water partition coefficient (Wildman–Crippen LogP) is -0.0450. The maximum absolute atomic E-state index is 12.0. The number of unbranched alkanes of at least 4 members (excludes halogenated alkanes) is 3. The van der Waals surface area contributed by atoms with Gasteiger partial charge in [-0.3, -0.25) is 4.79 Å². The van der Waals surface area contributed by atoms with Crippen LogP contribution >= 0.6 is 0 Å². The van der Waals surface area contributed by atoms with Crippen LogP contribution in [0.25, 0.3) is 0 Å². The largest absolute Gasteiger partial charge is 0.396 e. The first kappa shape index (κ1) is 16.7. The summed E-state index contributed by atoms with van der Waals surface area (Å²) in [5.41, 5.74) is 5.29. The van der Waals surface area contributed by atoms with Gasteiger partial charge >= 0.3 is 0 Å². The van der Waals surface area contributed by atoms with Crippen LogP contribution < -0.4 is 10.5 Å². The van der Waals surface area contributed by atoms with Gasteiger partial charge in [-0.1, -0.05) is 12.8 Å². The molecule has 0 aliphatic carbocycles. The van der Waals surface area contributed by atoms with Crippen LogP contribution in [0.1, 0.15) is 36.2 Å². The zero-order valence-electron chi connectivity index (χ0n) is 11.5. The number of primary amides is 1. The molecule has 20 heavy (non-hydrogen) atoms. The highest BCUT2D eigenvalue weighted by Crippen LogP contribution is 2.13. The highest BCUT2D eigenvalue weighted by Gasteiger charge is 2.18. The van der Waals surface area contributed by atoms with Crippen molar-refractivity contribution >= 4 is 15.9 Å². The standard InChI is InChI=1S/C12H21N3O4S/c1-15-9-10(8-11(15)12(13)17)20(18,19)14-6-4-2-3-5-7-16/h8-9,14,16H,2-7H2,1H3,(H2,13,17). The lowest BCUT2D eigenvalue weighted by Crippen LogP contribution is -2.24. The van der Waals surface area contributed by atoms with Gasteiger partial charge in [-0.05, 0) is 18.9 Å². The molecule has 0 radical (unpaired) electrons. The number of hydrogen-bond acceptors (Lipinski definition) is 4. The number of nitrogens with one attached hydrogen (secondary N) is 1. The summed E-state index contributed by atoms with van der Waals surface area (Å²) in [6, 6.07) is 1.26. The molecule has 0 aliphatic rings. The van der Waals surface area contributed by atoms with Gasteiger partial charge in [0.1, 0.15) is 10.6 Å². The SMILES string of the molecule is Cn1cc(S(=O)(=O)NCCCCCCO)cc1C(N)=O. The number of aromatic nitrogens is 1. The smallest absolute Gasteiger partial charge is 0.265 e. The van der Waals surface area contributed by atoms with E-state index >= 15 is 0 Å². The molecular formula is C12H21N3O4S. The quantitative estimate of drug-likeness (QED) is 0.555. The van der Waals surface area contributed by atoms with E-state index in [4.69, 9.17) is 10.8 Å². The summed E-state index contributed by atoms with van der Waals surface area (Å²) < 4.78 is 27.8. The molecule has 1 aromatic rings. The minimum Gasteiger partial charge on any atom is -0.396 e. The van der Waals surface area contributed by atoms with Crippen LogP contribution in [0.4, 0.5) is 0 Å². The van der Waals surface area contributed by atoms with Crippen molar-refractivity contribution in [2.24, 2.45) is 12.8 Å². The third-order valence-corrected chi connectivity index (χ3v) is 4.35. The number of rotatable bonds is 9. The summed E-state index contributed by atoms with van der Waals surface area (Å²) in [4.78, 5) is 11.1. The monoisotopic (exact) mass is 303 g/mol. The fraction of sp³-hybridized carbons (Fsp3) is 0.583. The predicted molar refractivity (Wildman–Crippen MR) is 74.7 cm³/mol. The van der Waals surface area contributed by atoms with E-state index in [0.717, 1.165) is 19.3 Å². The Morgan fingerprint density at radius 2 is 2.00 bits per heavy atom. The lowest BCUT2D eigenvalue weighted by atomic mass is 10.2. The number of hydrogen-bond donors (Lipinski definition) is 3. The fourth-order valence-corrected chi connectivity index (χ4v) is 2.95. The topological polar surface area (TPSA) is 114 Å². The summed E-state index contributed by atoms with van der Waals surface area (Å²) in [5.74, 6) is -0.669. The van der Waals surface area contributed by atoms with Crippen molar-refractivity contribution in [3.05, 3.63) is 18.0 Å². The minimum atomic E-state index is -3.62. The van der Waals surface area contributed by atoms with Crippen LogP contribution in [0.5, 0.6) is 0 Å². The van der Waals surface area contributed by atoms with Crippen molar-refractivity contribution < 1.29 is 18.3 Å². The number of nitrogens with zero attached hydrogens (tertiary/aromatic N) is 1. The van der Waals surface area contributed by atoms with E-state index in [-0.39, 0.29) is 17.2 Å². The maximum Gasteiger partial charge on any atom is 0.265 e. The molecule has 0 aliphatic heterocycles. The average Bonchev–Trinajstić information content (AvgIpc) is 2.76. The number of aryl methyl sites for hydroxylation is 1. The van der Waals surface area contributed by atoms with E-state index < -0.39 is 15.9 Å². The van der Waals surface area contributed by atoms with Gasteiger partial charge in [0.05, 0.1) is 0 Å². The first-order chi connectivity index (χ1) is 9.38. The molecule has 1 amide bonds. The van der Waals surface area contributed by atoms with Crippen molar-refractivity contribution in [1.82, 2.24) is 9.29 Å². The van der Waals surface area contributed by atoms with E-state index in [0.29, 0.717) is 13.0 Å². The summed E-state index contributed by atoms with van der Waals surface area (Å²) in [5, 5.41) is 8.62. The highest BCUT2D eigenvalue weighted by molar-refractivity contribution is 7.89. The van der Waals surface area contributed by atoms with E-state index in [2.05, 4.69) is 4.72 Å². The van der Waals surface area contributed by atoms with Crippen LogP contribution in [-0.2, 0) is 17.1 Å². The Bertz CT molecular complexity index is 551. The molecule has 4 N–H and O–H groups in total. The van der Waals surface area contributed by atoms with Gasteiger partial charge < -0.3 is 15.4 Å². The van der Waals surface area contributed by atoms with Gasteiger partial charge in [0.2, 0.25) is 10.0 Å². The number of nitrogens with two attached hydrogens (primary N) is 1. The Morgan fingerprint density at radius 1 is 1.35 bits per heavy atom. The van der Waals surface area contributed by atoms with Crippen LogP contribution in [-0.4, -0.2) is 37.2 Å². The van der Waals surface area contributed by atoms with E-state index in [1.165, 1.54) is 16.8 Å². The van der Waals surface area contributed by atoms with Gasteiger partial charge in [-0.25, -0.2) is 13.1 Å². The zero-order chi connectivity index (χ0) is 15.2. The van der Waals surface area contributed by atoms with Gasteiger partial charge in [0, 0.05) is 26.4 Å². The number of carbonyl (C=O) groups excluding carboxylic acids is 1. The van der Waals surface area contributed by atoms with Gasteiger partial charge in [0.25, 0.3) is 5.91 Å². The molecule has 0 bridgehead atoms. The van der Waals surface area contributed by atoms with E-state index in [1.807, 2.05) is 0 Å². The second-order valence-corrected chi connectivity index (χ2v) is 6.34. The highest BCUT2D eigenvalue weighted by atomic mass is 32.2. The third kappa shape index (κ3) is 4.62. The van der Waals surface area contributed by atoms with E-state index in [9.17, 15) is 13.2 Å². The number of aliphatic hydroxyl groups is 1. The first-order valence-corrected chi connectivity index (χ1v) is 7.93. The lowest BCUT2D eigenvalue weighted by molar-refractivity contribution is 0.0992. The summed E-state index contributed by atoms with van der Waals surface area (Å²) >= 11 is 0. The van der Waals surface area contributed by atoms with Gasteiger partial charge in [-0.2, -0.15) is 0 Å². The van der Waals surface area contributed by atoms with Crippen LogP contribution in [0.3, 0.4) is 0 Å². The molecule has 114 valence electrons. The molecule has 0 unspecified atom stereocenters. The molecule has 1 heterocycles. The molecule has 8 heteroatoms. The van der Waals surface area contributed by atoms with Crippen LogP contribution in [0, 0.1) is 0 Å². The molecular weight excluding hydrogens is 282 g/mol. The molecule has 0 atom stereocenters. The lowest BCUT2D eigenvalue weighted by Gasteiger charge is -2.04. The molecule has 0 saturated heterocycles. The Labute approximate surface area is 118 Å². The molecule has 7 nitrogen and oxygen atoms in total. The number of aliphatic hydroxyl groups excluding tert-OH is 1. The number of amides is 1. The Balaban J connectivity index is 2.56. The van der Waals surface area contributed by atoms with Gasteiger partial charge in [-0.15, -0.1) is 0 Å². The summed E-state index contributed by atoms with van der Waals surface area (Å²) in [6.45, 7) is 0.486. The van der Waals surface area contributed by atoms with Crippen molar-refractivity contribution in [3.63, 3.8) is 0 Å². The first-order valence-electron chi connectivity index (χ1n) is 6.45. The molecule has 0 aromatic carbocycles. The third-order valence-electron chi connectivity index (χ3n) is 2.92. The van der Waals surface area contributed by atoms with Crippen molar-refractivity contribution in [1.29, 1.82) is 0 Å². The Hall–Kier alpha value is -1.38. The molecule has 1 aromatic heterocycles. The van der Waals surface area contributed by atoms with Crippen LogP contribution in [0.2, 0.25) is 0 Å². The van der Waals surface area contributed by atoms with Crippen molar-refractivity contribution in [2.75, 3.05) is 13.2 Å². The zero-order valence-corrected chi connectivity index (χ0v) is 12.3. The minimum absolute atomic E-state index is 0.0316. The fourth-order valence-electron chi connectivity index (χ4n) is 1.81. The molecule has 1 rings (SSSR count). The van der Waals surface area contributed by atoms with Crippen molar-refractivity contribution in [3.8, 4) is 0 Å². The molecule has 0 saturated carbocycles. The number of sulfonamides is 1. The number of carbonyl (C=O) groups is 1. The Kier molecular flexibility index (Phi) is 6.18. The van der Waals surface area contributed by atoms with Crippen molar-refractivity contribution in [2.45, 2.75) is 30.6 Å². The van der Waals surface area contributed by atoms with E-state index in [1.54, 1.807) is 7.05 Å².